The molecule has 3 fully saturated rings. The monoisotopic (exact) mass is 288 g/mol. The van der Waals surface area contributed by atoms with Crippen molar-refractivity contribution in [3.05, 3.63) is 35.9 Å². The summed E-state index contributed by atoms with van der Waals surface area (Å²) in [6.07, 6.45) is 8.17. The molecule has 0 aromatic heterocycles. The van der Waals surface area contributed by atoms with Crippen LogP contribution in [0, 0.1) is 5.92 Å². The Hall–Kier alpha value is -0.900. The number of nitrogens with one attached hydrogen (secondary N) is 1. The molecule has 0 heterocycles. The zero-order valence-corrected chi connectivity index (χ0v) is 12.8. The van der Waals surface area contributed by atoms with Gasteiger partial charge in [0.15, 0.2) is 0 Å². The lowest BCUT2D eigenvalue weighted by Gasteiger charge is -2.47. The Labute approximate surface area is 127 Å². The smallest absolute Gasteiger partial charge is 0.0818 e. The molecular weight excluding hydrogens is 260 g/mol. The summed E-state index contributed by atoms with van der Waals surface area (Å²) in [6, 6.07) is 9.99. The molecule has 3 nitrogen and oxygen atoms in total. The third-order valence-electron chi connectivity index (χ3n) is 5.59. The standard InChI is InChI=1S/C18H28N2O/c19-16(12-15-4-2-1-3-5-15)17(21)13-20-18-9-6-14(7-10-18)8-11-18/h1-5,14,16-17,20-21H,6-13,19H2/t14?,16-,17+,18?/m0/s1. The Morgan fingerprint density at radius 2 is 1.76 bits per heavy atom. The molecule has 0 aliphatic heterocycles. The molecule has 116 valence electrons. The highest BCUT2D eigenvalue weighted by molar-refractivity contribution is 5.16. The summed E-state index contributed by atoms with van der Waals surface area (Å²) in [6.45, 7) is 0.624. The Balaban J connectivity index is 1.48. The van der Waals surface area contributed by atoms with Gasteiger partial charge in [-0.15, -0.1) is 0 Å². The molecule has 3 aliphatic carbocycles. The van der Waals surface area contributed by atoms with Crippen LogP contribution in [0.2, 0.25) is 0 Å². The largest absolute Gasteiger partial charge is 0.390 e. The van der Waals surface area contributed by atoms with Crippen LogP contribution in [0.25, 0.3) is 0 Å². The first-order valence-electron chi connectivity index (χ1n) is 8.39. The molecule has 3 aliphatic rings. The molecule has 2 bridgehead atoms. The molecule has 3 heteroatoms. The third kappa shape index (κ3) is 3.65. The Kier molecular flexibility index (Phi) is 4.63. The zero-order valence-electron chi connectivity index (χ0n) is 12.8. The molecule has 21 heavy (non-hydrogen) atoms. The van der Waals surface area contributed by atoms with E-state index in [0.717, 1.165) is 12.3 Å². The van der Waals surface area contributed by atoms with Crippen LogP contribution in [0.3, 0.4) is 0 Å². The fourth-order valence-corrected chi connectivity index (χ4v) is 4.01. The SMILES string of the molecule is N[C@@H](Cc1ccccc1)[C@H](O)CNC12CCC(CC1)CC2. The van der Waals surface area contributed by atoms with Crippen LogP contribution in [0.4, 0.5) is 0 Å². The Bertz CT molecular complexity index is 426. The van der Waals surface area contributed by atoms with Gasteiger partial charge in [0.25, 0.3) is 0 Å². The van der Waals surface area contributed by atoms with Gasteiger partial charge in [-0.05, 0) is 56.4 Å². The van der Waals surface area contributed by atoms with E-state index in [-0.39, 0.29) is 6.04 Å². The van der Waals surface area contributed by atoms with Crippen LogP contribution in [0.5, 0.6) is 0 Å². The number of β-amino-alcohol motifs (C(OH)–C–C–N with tert-alkyl or cyclic N) is 1. The second-order valence-corrected chi connectivity index (χ2v) is 7.06. The Morgan fingerprint density at radius 1 is 1.14 bits per heavy atom. The highest BCUT2D eigenvalue weighted by Gasteiger charge is 2.40. The predicted molar refractivity (Wildman–Crippen MR) is 86.1 cm³/mol. The van der Waals surface area contributed by atoms with E-state index in [9.17, 15) is 5.11 Å². The van der Waals surface area contributed by atoms with Gasteiger partial charge < -0.3 is 16.2 Å². The molecule has 3 saturated carbocycles. The minimum Gasteiger partial charge on any atom is -0.390 e. The fourth-order valence-electron chi connectivity index (χ4n) is 4.01. The molecule has 1 aromatic carbocycles. The van der Waals surface area contributed by atoms with E-state index in [2.05, 4.69) is 17.4 Å². The number of rotatable bonds is 6. The van der Waals surface area contributed by atoms with Gasteiger partial charge in [0.2, 0.25) is 0 Å². The number of hydrogen-bond acceptors (Lipinski definition) is 3. The van der Waals surface area contributed by atoms with Crippen molar-refractivity contribution in [3.63, 3.8) is 0 Å². The summed E-state index contributed by atoms with van der Waals surface area (Å²) < 4.78 is 0. The summed E-state index contributed by atoms with van der Waals surface area (Å²) >= 11 is 0. The third-order valence-corrected chi connectivity index (χ3v) is 5.59. The predicted octanol–water partition coefficient (Wildman–Crippen LogP) is 2.23. The summed E-state index contributed by atoms with van der Waals surface area (Å²) in [4.78, 5) is 0. The first-order valence-corrected chi connectivity index (χ1v) is 8.39. The average molecular weight is 288 g/mol. The van der Waals surface area contributed by atoms with Crippen molar-refractivity contribution in [1.29, 1.82) is 0 Å². The molecular formula is C18H28N2O. The first-order chi connectivity index (χ1) is 10.2. The second kappa shape index (κ2) is 6.47. The maximum absolute atomic E-state index is 10.3. The number of nitrogens with two attached hydrogens (primary N) is 1. The number of benzene rings is 1. The topological polar surface area (TPSA) is 58.3 Å². The molecule has 4 rings (SSSR count). The van der Waals surface area contributed by atoms with E-state index in [1.165, 1.54) is 44.1 Å². The van der Waals surface area contributed by atoms with E-state index in [4.69, 9.17) is 5.73 Å². The lowest BCUT2D eigenvalue weighted by atomic mass is 9.66. The van der Waals surface area contributed by atoms with Gasteiger partial charge in [0.05, 0.1) is 6.10 Å². The van der Waals surface area contributed by atoms with E-state index in [0.29, 0.717) is 12.1 Å². The number of fused-ring (bicyclic) bond motifs is 3. The van der Waals surface area contributed by atoms with E-state index < -0.39 is 6.10 Å². The Morgan fingerprint density at radius 3 is 2.38 bits per heavy atom. The van der Waals surface area contributed by atoms with E-state index >= 15 is 0 Å². The number of aliphatic hydroxyl groups is 1. The van der Waals surface area contributed by atoms with Gasteiger partial charge in [0.1, 0.15) is 0 Å². The van der Waals surface area contributed by atoms with Crippen LogP contribution in [0.15, 0.2) is 30.3 Å². The first kappa shape index (κ1) is 15.0. The molecule has 0 saturated heterocycles. The highest BCUT2D eigenvalue weighted by Crippen LogP contribution is 2.43. The van der Waals surface area contributed by atoms with Crippen molar-refractivity contribution in [1.82, 2.24) is 5.32 Å². The minimum absolute atomic E-state index is 0.198. The quantitative estimate of drug-likeness (QED) is 0.752. The second-order valence-electron chi connectivity index (χ2n) is 7.06. The fraction of sp³-hybridized carbons (Fsp3) is 0.667. The molecule has 4 N–H and O–H groups in total. The van der Waals surface area contributed by atoms with Gasteiger partial charge in [-0.1, -0.05) is 30.3 Å². The average Bonchev–Trinajstić information content (AvgIpc) is 2.55. The van der Waals surface area contributed by atoms with Crippen LogP contribution in [0.1, 0.15) is 44.1 Å². The van der Waals surface area contributed by atoms with E-state index in [1.54, 1.807) is 0 Å². The van der Waals surface area contributed by atoms with Crippen molar-refractivity contribution < 1.29 is 5.11 Å². The molecule has 0 radical (unpaired) electrons. The van der Waals surface area contributed by atoms with Crippen LogP contribution in [-0.2, 0) is 6.42 Å². The summed E-state index contributed by atoms with van der Waals surface area (Å²) in [5.41, 5.74) is 7.66. The molecule has 0 unspecified atom stereocenters. The molecule has 2 atom stereocenters. The van der Waals surface area contributed by atoms with Crippen molar-refractivity contribution >= 4 is 0 Å². The molecule has 1 aromatic rings. The molecule has 0 amide bonds. The van der Waals surface area contributed by atoms with Gasteiger partial charge >= 0.3 is 0 Å². The summed E-state index contributed by atoms with van der Waals surface area (Å²) in [7, 11) is 0. The number of aliphatic hydroxyl groups excluding tert-OH is 1. The summed E-state index contributed by atoms with van der Waals surface area (Å²) in [5, 5.41) is 14.0. The van der Waals surface area contributed by atoms with Crippen LogP contribution >= 0.6 is 0 Å². The van der Waals surface area contributed by atoms with Crippen molar-refractivity contribution in [2.45, 2.75) is 62.6 Å². The van der Waals surface area contributed by atoms with Crippen LogP contribution in [-0.4, -0.2) is 29.3 Å². The van der Waals surface area contributed by atoms with Crippen molar-refractivity contribution in [2.75, 3.05) is 6.54 Å². The normalized spacial score (nSPS) is 31.0. The molecule has 0 spiro atoms. The van der Waals surface area contributed by atoms with Crippen molar-refractivity contribution in [2.24, 2.45) is 11.7 Å². The highest BCUT2D eigenvalue weighted by atomic mass is 16.3. The lowest BCUT2D eigenvalue weighted by molar-refractivity contribution is 0.0749. The van der Waals surface area contributed by atoms with Gasteiger partial charge in [0, 0.05) is 18.1 Å². The van der Waals surface area contributed by atoms with Crippen molar-refractivity contribution in [3.8, 4) is 0 Å². The van der Waals surface area contributed by atoms with Gasteiger partial charge in [-0.2, -0.15) is 0 Å². The van der Waals surface area contributed by atoms with Gasteiger partial charge in [-0.25, -0.2) is 0 Å². The van der Waals surface area contributed by atoms with E-state index in [1.807, 2.05) is 18.2 Å². The van der Waals surface area contributed by atoms with Crippen LogP contribution < -0.4 is 11.1 Å². The zero-order chi connectivity index (χ0) is 14.7. The maximum atomic E-state index is 10.3. The van der Waals surface area contributed by atoms with Gasteiger partial charge in [-0.3, -0.25) is 0 Å². The summed E-state index contributed by atoms with van der Waals surface area (Å²) in [5.74, 6) is 0.971. The minimum atomic E-state index is -0.473. The lowest BCUT2D eigenvalue weighted by Crippen LogP contribution is -2.55. The maximum Gasteiger partial charge on any atom is 0.0818 e. The number of hydrogen-bond donors (Lipinski definition) is 3.